The topological polar surface area (TPSA) is 64.0 Å². The number of ether oxygens (including phenoxy) is 3. The SMILES string of the molecule is C[C@]12CC=C3C(CC[C@@]45CC6(CC[C@@]34O5)OCCO6)C1CC[C@]2(C#N)O[Si](C)(C)C. The van der Waals surface area contributed by atoms with Crippen molar-refractivity contribution in [3.8, 4) is 6.07 Å². The lowest BCUT2D eigenvalue weighted by molar-refractivity contribution is -0.185. The molecule has 0 aromatic carbocycles. The number of hydrogen-bond acceptors (Lipinski definition) is 5. The second-order valence-corrected chi connectivity index (χ2v) is 16.4. The van der Waals surface area contributed by atoms with Crippen molar-refractivity contribution >= 4 is 8.32 Å². The summed E-state index contributed by atoms with van der Waals surface area (Å²) in [6, 6.07) is 2.70. The average molecular weight is 430 g/mol. The number of epoxide rings is 1. The summed E-state index contributed by atoms with van der Waals surface area (Å²) in [6.45, 7) is 10.4. The summed E-state index contributed by atoms with van der Waals surface area (Å²) in [5, 5.41) is 10.3. The van der Waals surface area contributed by atoms with Gasteiger partial charge in [-0.3, -0.25) is 0 Å². The van der Waals surface area contributed by atoms with Crippen molar-refractivity contribution in [2.45, 2.75) is 101 Å². The minimum atomic E-state index is -1.83. The van der Waals surface area contributed by atoms with E-state index < -0.39 is 19.7 Å². The van der Waals surface area contributed by atoms with Gasteiger partial charge in [0.05, 0.1) is 19.3 Å². The van der Waals surface area contributed by atoms with Crippen molar-refractivity contribution in [3.63, 3.8) is 0 Å². The van der Waals surface area contributed by atoms with E-state index in [0.717, 1.165) is 51.4 Å². The molecule has 0 bridgehead atoms. The maximum absolute atomic E-state index is 10.3. The molecule has 1 spiro atoms. The summed E-state index contributed by atoms with van der Waals surface area (Å²) < 4.78 is 25.5. The standard InChI is InChI=1S/C24H35NO4Si/c1-20-8-6-19-17(18(20)7-10-22(20,16-25)29-30(2,3)4)5-9-21-15-23(26-13-14-27-23)11-12-24(19,21)28-21/h6,17-18H,5,7-15H2,1-4H3/t17?,18?,20-,21+,22+,24+/m0/s1. The maximum Gasteiger partial charge on any atom is 0.185 e. The van der Waals surface area contributed by atoms with E-state index in [1.807, 2.05) is 0 Å². The second-order valence-electron chi connectivity index (χ2n) is 11.9. The van der Waals surface area contributed by atoms with Gasteiger partial charge in [-0.15, -0.1) is 0 Å². The van der Waals surface area contributed by atoms with Crippen LogP contribution in [-0.2, 0) is 18.6 Å². The van der Waals surface area contributed by atoms with Gasteiger partial charge in [0.2, 0.25) is 0 Å². The molecule has 2 aliphatic heterocycles. The molecule has 2 saturated heterocycles. The normalized spacial score (nSPS) is 50.7. The molecule has 4 aliphatic carbocycles. The van der Waals surface area contributed by atoms with Crippen LogP contribution in [0.5, 0.6) is 0 Å². The Morgan fingerprint density at radius 2 is 1.87 bits per heavy atom. The highest BCUT2D eigenvalue weighted by atomic mass is 28.4. The molecular formula is C24H35NO4Si. The van der Waals surface area contributed by atoms with Gasteiger partial charge in [-0.05, 0) is 75.6 Å². The molecule has 2 unspecified atom stereocenters. The first-order valence-corrected chi connectivity index (χ1v) is 15.3. The molecule has 0 amide bonds. The molecule has 5 fully saturated rings. The van der Waals surface area contributed by atoms with Gasteiger partial charge in [-0.1, -0.05) is 13.0 Å². The summed E-state index contributed by atoms with van der Waals surface area (Å²) in [5.41, 5.74) is 0.643. The highest BCUT2D eigenvalue weighted by Gasteiger charge is 2.79. The van der Waals surface area contributed by atoms with Crippen LogP contribution in [0.25, 0.3) is 0 Å². The van der Waals surface area contributed by atoms with E-state index in [1.165, 1.54) is 0 Å². The van der Waals surface area contributed by atoms with Gasteiger partial charge < -0.3 is 18.6 Å². The number of nitriles is 1. The fraction of sp³-hybridized carbons (Fsp3) is 0.875. The fourth-order valence-electron chi connectivity index (χ4n) is 8.23. The van der Waals surface area contributed by atoms with Crippen molar-refractivity contribution < 1.29 is 18.6 Å². The molecule has 6 aliphatic rings. The Hall–Kier alpha value is -0.713. The Labute approximate surface area is 181 Å². The van der Waals surface area contributed by atoms with Gasteiger partial charge in [0.15, 0.2) is 14.1 Å². The van der Waals surface area contributed by atoms with E-state index in [-0.39, 0.29) is 16.6 Å². The molecule has 5 nitrogen and oxygen atoms in total. The van der Waals surface area contributed by atoms with Gasteiger partial charge in [-0.25, -0.2) is 0 Å². The lowest BCUT2D eigenvalue weighted by atomic mass is 9.53. The van der Waals surface area contributed by atoms with E-state index in [0.29, 0.717) is 25.0 Å². The molecule has 6 atom stereocenters. The Bertz CT molecular complexity index is 854. The molecular weight excluding hydrogens is 394 g/mol. The second kappa shape index (κ2) is 5.79. The van der Waals surface area contributed by atoms with Gasteiger partial charge >= 0.3 is 0 Å². The maximum atomic E-state index is 10.3. The van der Waals surface area contributed by atoms with Crippen molar-refractivity contribution in [2.75, 3.05) is 13.2 Å². The van der Waals surface area contributed by atoms with Gasteiger partial charge in [0.25, 0.3) is 0 Å². The minimum absolute atomic E-state index is 0.0780. The molecule has 0 N–H and O–H groups in total. The Morgan fingerprint density at radius 1 is 1.10 bits per heavy atom. The van der Waals surface area contributed by atoms with Crippen LogP contribution in [0.3, 0.4) is 0 Å². The van der Waals surface area contributed by atoms with Crippen molar-refractivity contribution in [1.29, 1.82) is 5.26 Å². The zero-order chi connectivity index (χ0) is 21.0. The van der Waals surface area contributed by atoms with Gasteiger partial charge in [-0.2, -0.15) is 5.26 Å². The summed E-state index contributed by atoms with van der Waals surface area (Å²) in [6.07, 6.45) is 10.4. The van der Waals surface area contributed by atoms with Crippen LogP contribution in [0.1, 0.15) is 58.3 Å². The first kappa shape index (κ1) is 19.9. The van der Waals surface area contributed by atoms with Crippen LogP contribution in [0.15, 0.2) is 11.6 Å². The lowest BCUT2D eigenvalue weighted by Crippen LogP contribution is -2.56. The fourth-order valence-corrected chi connectivity index (χ4v) is 9.65. The predicted molar refractivity (Wildman–Crippen MR) is 114 cm³/mol. The van der Waals surface area contributed by atoms with E-state index in [1.54, 1.807) is 5.57 Å². The number of rotatable bonds is 2. The zero-order valence-corrected chi connectivity index (χ0v) is 19.9. The highest BCUT2D eigenvalue weighted by molar-refractivity contribution is 6.69. The van der Waals surface area contributed by atoms with E-state index in [9.17, 15) is 5.26 Å². The smallest absolute Gasteiger partial charge is 0.185 e. The van der Waals surface area contributed by atoms with Gasteiger partial charge in [0, 0.05) is 18.3 Å². The van der Waals surface area contributed by atoms with Crippen LogP contribution in [-0.4, -0.2) is 44.1 Å². The summed E-state index contributed by atoms with van der Waals surface area (Å²) in [5.74, 6) is 0.643. The molecule has 0 aromatic rings. The van der Waals surface area contributed by atoms with E-state index in [4.69, 9.17) is 18.6 Å². The molecule has 30 heavy (non-hydrogen) atoms. The molecule has 0 aromatic heterocycles. The van der Waals surface area contributed by atoms with Crippen LogP contribution < -0.4 is 0 Å². The largest absolute Gasteiger partial charge is 0.399 e. The first-order chi connectivity index (χ1) is 14.1. The third kappa shape index (κ3) is 2.31. The van der Waals surface area contributed by atoms with Crippen LogP contribution in [0, 0.1) is 28.6 Å². The van der Waals surface area contributed by atoms with E-state index in [2.05, 4.69) is 38.7 Å². The molecule has 6 rings (SSSR count). The third-order valence-electron chi connectivity index (χ3n) is 9.46. The quantitative estimate of drug-likeness (QED) is 0.362. The predicted octanol–water partition coefficient (Wildman–Crippen LogP) is 4.69. The Morgan fingerprint density at radius 3 is 2.57 bits per heavy atom. The first-order valence-electron chi connectivity index (χ1n) is 11.9. The Balaban J connectivity index is 1.33. The van der Waals surface area contributed by atoms with E-state index >= 15 is 0 Å². The molecule has 2 heterocycles. The Kier molecular flexibility index (Phi) is 3.85. The van der Waals surface area contributed by atoms with Crippen molar-refractivity contribution in [2.24, 2.45) is 17.3 Å². The highest BCUT2D eigenvalue weighted by Crippen LogP contribution is 2.74. The van der Waals surface area contributed by atoms with Gasteiger partial charge in [0.1, 0.15) is 16.8 Å². The summed E-state index contributed by atoms with van der Waals surface area (Å²) >= 11 is 0. The molecule has 164 valence electrons. The molecule has 3 saturated carbocycles. The summed E-state index contributed by atoms with van der Waals surface area (Å²) in [7, 11) is -1.83. The number of hydrogen-bond donors (Lipinski definition) is 0. The number of fused-ring (bicyclic) bond motifs is 3. The van der Waals surface area contributed by atoms with Crippen LogP contribution in [0.2, 0.25) is 19.6 Å². The average Bonchev–Trinajstić information content (AvgIpc) is 3.01. The molecule has 6 heteroatoms. The van der Waals surface area contributed by atoms with Crippen molar-refractivity contribution in [1.82, 2.24) is 0 Å². The van der Waals surface area contributed by atoms with Crippen molar-refractivity contribution in [3.05, 3.63) is 11.6 Å². The van der Waals surface area contributed by atoms with Crippen LogP contribution in [0.4, 0.5) is 0 Å². The lowest BCUT2D eigenvalue weighted by Gasteiger charge is -2.52. The number of nitrogens with zero attached hydrogens (tertiary/aromatic N) is 1. The molecule has 0 radical (unpaired) electrons. The zero-order valence-electron chi connectivity index (χ0n) is 18.9. The summed E-state index contributed by atoms with van der Waals surface area (Å²) in [4.78, 5) is 0. The monoisotopic (exact) mass is 429 g/mol. The van der Waals surface area contributed by atoms with Crippen LogP contribution >= 0.6 is 0 Å². The minimum Gasteiger partial charge on any atom is -0.399 e. The number of allylic oxidation sites excluding steroid dienone is 1. The third-order valence-corrected chi connectivity index (χ3v) is 10.4.